The Labute approximate surface area is 146 Å². The van der Waals surface area contributed by atoms with Crippen LogP contribution >= 0.6 is 0 Å². The van der Waals surface area contributed by atoms with Crippen LogP contribution in [-0.4, -0.2) is 61.7 Å². The number of nitrogens with one attached hydrogen (secondary N) is 1. The minimum absolute atomic E-state index is 0.507. The van der Waals surface area contributed by atoms with Crippen LogP contribution in [0.15, 0.2) is 24.3 Å². The third-order valence-corrected chi connectivity index (χ3v) is 6.06. The van der Waals surface area contributed by atoms with Crippen LogP contribution in [0.2, 0.25) is 0 Å². The molecule has 0 radical (unpaired) electrons. The summed E-state index contributed by atoms with van der Waals surface area (Å²) in [5, 5.41) is 4.03. The van der Waals surface area contributed by atoms with E-state index in [0.29, 0.717) is 18.1 Å². The molecule has 0 unspecified atom stereocenters. The number of benzene rings is 1. The van der Waals surface area contributed by atoms with Crippen molar-refractivity contribution in [3.8, 4) is 5.75 Å². The molecule has 4 rings (SSSR count). The highest BCUT2D eigenvalue weighted by Crippen LogP contribution is 2.42. The normalized spacial score (nSPS) is 29.9. The molecule has 132 valence electrons. The third-order valence-electron chi connectivity index (χ3n) is 6.06. The molecular weight excluding hydrogens is 298 g/mol. The first kappa shape index (κ1) is 16.4. The number of hydrogen-bond donors (Lipinski definition) is 1. The summed E-state index contributed by atoms with van der Waals surface area (Å²) in [5.74, 6) is 0.980. The first-order valence-corrected chi connectivity index (χ1v) is 9.59. The van der Waals surface area contributed by atoms with Crippen molar-refractivity contribution >= 4 is 0 Å². The number of piperidine rings is 1. The van der Waals surface area contributed by atoms with Crippen molar-refractivity contribution in [2.75, 3.05) is 33.8 Å². The van der Waals surface area contributed by atoms with Crippen molar-refractivity contribution in [2.45, 2.75) is 56.3 Å². The highest BCUT2D eigenvalue weighted by Gasteiger charge is 2.43. The van der Waals surface area contributed by atoms with E-state index in [1.165, 1.54) is 57.3 Å². The summed E-state index contributed by atoms with van der Waals surface area (Å²) in [5.41, 5.74) is 1.42. The molecule has 1 aliphatic carbocycles. The summed E-state index contributed by atoms with van der Waals surface area (Å²) < 4.78 is 5.48. The van der Waals surface area contributed by atoms with Gasteiger partial charge in [0.1, 0.15) is 5.75 Å². The summed E-state index contributed by atoms with van der Waals surface area (Å²) in [6, 6.07) is 11.3. The minimum Gasteiger partial charge on any atom is -0.497 e. The van der Waals surface area contributed by atoms with E-state index in [2.05, 4.69) is 46.4 Å². The van der Waals surface area contributed by atoms with E-state index >= 15 is 0 Å². The van der Waals surface area contributed by atoms with Crippen LogP contribution in [0.25, 0.3) is 0 Å². The highest BCUT2D eigenvalue weighted by molar-refractivity contribution is 5.32. The third kappa shape index (κ3) is 3.46. The van der Waals surface area contributed by atoms with Gasteiger partial charge in [-0.15, -0.1) is 0 Å². The minimum atomic E-state index is 0.507. The Bertz CT molecular complexity index is 552. The van der Waals surface area contributed by atoms with Crippen molar-refractivity contribution in [3.05, 3.63) is 29.8 Å². The number of likely N-dealkylation sites (tertiary alicyclic amines) is 2. The van der Waals surface area contributed by atoms with Crippen molar-refractivity contribution in [2.24, 2.45) is 0 Å². The second kappa shape index (κ2) is 7.03. The molecule has 3 aliphatic rings. The SMILES string of the molecule is COc1cccc([C@@H]2[C@@H](NC3CCN(C)CC3)CCN2C2CC2)c1. The molecule has 2 aliphatic heterocycles. The lowest BCUT2D eigenvalue weighted by molar-refractivity contribution is 0.193. The predicted octanol–water partition coefficient (Wildman–Crippen LogP) is 2.66. The number of nitrogens with zero attached hydrogens (tertiary/aromatic N) is 2. The molecule has 1 saturated carbocycles. The van der Waals surface area contributed by atoms with E-state index in [0.717, 1.165) is 11.8 Å². The maximum atomic E-state index is 5.48. The molecule has 4 heteroatoms. The Morgan fingerprint density at radius 3 is 2.54 bits per heavy atom. The van der Waals surface area contributed by atoms with Gasteiger partial charge in [-0.05, 0) is 69.9 Å². The molecule has 1 aromatic carbocycles. The van der Waals surface area contributed by atoms with Gasteiger partial charge in [0, 0.05) is 24.7 Å². The number of hydrogen-bond acceptors (Lipinski definition) is 4. The summed E-state index contributed by atoms with van der Waals surface area (Å²) in [4.78, 5) is 5.20. The molecule has 0 bridgehead atoms. The lowest BCUT2D eigenvalue weighted by atomic mass is 9.96. The molecular formula is C20H31N3O. The number of methoxy groups -OCH3 is 1. The molecule has 3 fully saturated rings. The van der Waals surface area contributed by atoms with Crippen LogP contribution < -0.4 is 10.1 Å². The van der Waals surface area contributed by atoms with Crippen molar-refractivity contribution in [1.29, 1.82) is 0 Å². The molecule has 2 saturated heterocycles. The van der Waals surface area contributed by atoms with Gasteiger partial charge >= 0.3 is 0 Å². The molecule has 2 atom stereocenters. The van der Waals surface area contributed by atoms with E-state index in [9.17, 15) is 0 Å². The van der Waals surface area contributed by atoms with Gasteiger partial charge in [-0.3, -0.25) is 4.90 Å². The summed E-state index contributed by atoms with van der Waals surface area (Å²) in [6.45, 7) is 3.68. The van der Waals surface area contributed by atoms with E-state index in [1.807, 2.05) is 0 Å². The summed E-state index contributed by atoms with van der Waals surface area (Å²) in [7, 11) is 4.00. The van der Waals surface area contributed by atoms with Gasteiger partial charge in [-0.2, -0.15) is 0 Å². The lowest BCUT2D eigenvalue weighted by Crippen LogP contribution is -2.47. The van der Waals surface area contributed by atoms with E-state index < -0.39 is 0 Å². The molecule has 24 heavy (non-hydrogen) atoms. The van der Waals surface area contributed by atoms with E-state index in [-0.39, 0.29) is 0 Å². The fourth-order valence-corrected chi connectivity index (χ4v) is 4.53. The Morgan fingerprint density at radius 2 is 1.83 bits per heavy atom. The summed E-state index contributed by atoms with van der Waals surface area (Å²) in [6.07, 6.45) is 6.58. The van der Waals surface area contributed by atoms with Crippen LogP contribution in [0.3, 0.4) is 0 Å². The molecule has 1 aromatic rings. The molecule has 2 heterocycles. The Kier molecular flexibility index (Phi) is 4.79. The van der Waals surface area contributed by atoms with Gasteiger partial charge in [-0.25, -0.2) is 0 Å². The quantitative estimate of drug-likeness (QED) is 0.899. The summed E-state index contributed by atoms with van der Waals surface area (Å²) >= 11 is 0. The second-order valence-corrected chi connectivity index (χ2v) is 7.83. The van der Waals surface area contributed by atoms with Gasteiger partial charge in [0.05, 0.1) is 13.2 Å². The molecule has 0 aromatic heterocycles. The van der Waals surface area contributed by atoms with Crippen LogP contribution in [0.5, 0.6) is 5.75 Å². The fraction of sp³-hybridized carbons (Fsp3) is 0.700. The predicted molar refractivity (Wildman–Crippen MR) is 97.5 cm³/mol. The van der Waals surface area contributed by atoms with Crippen LogP contribution in [0, 0.1) is 0 Å². The zero-order valence-corrected chi connectivity index (χ0v) is 15.1. The van der Waals surface area contributed by atoms with Crippen LogP contribution in [-0.2, 0) is 0 Å². The smallest absolute Gasteiger partial charge is 0.119 e. The largest absolute Gasteiger partial charge is 0.497 e. The van der Waals surface area contributed by atoms with Gasteiger partial charge < -0.3 is 15.0 Å². The Balaban J connectivity index is 1.51. The topological polar surface area (TPSA) is 27.7 Å². The van der Waals surface area contributed by atoms with Crippen LogP contribution in [0.4, 0.5) is 0 Å². The zero-order valence-electron chi connectivity index (χ0n) is 15.1. The Morgan fingerprint density at radius 1 is 1.04 bits per heavy atom. The van der Waals surface area contributed by atoms with Gasteiger partial charge in [0.15, 0.2) is 0 Å². The van der Waals surface area contributed by atoms with Crippen molar-refractivity contribution in [1.82, 2.24) is 15.1 Å². The average Bonchev–Trinajstić information content (AvgIpc) is 3.38. The van der Waals surface area contributed by atoms with Gasteiger partial charge in [-0.1, -0.05) is 12.1 Å². The van der Waals surface area contributed by atoms with Gasteiger partial charge in [0.2, 0.25) is 0 Å². The molecule has 4 nitrogen and oxygen atoms in total. The van der Waals surface area contributed by atoms with E-state index in [1.54, 1.807) is 7.11 Å². The van der Waals surface area contributed by atoms with Gasteiger partial charge in [0.25, 0.3) is 0 Å². The molecule has 0 spiro atoms. The number of rotatable bonds is 5. The molecule has 0 amide bonds. The van der Waals surface area contributed by atoms with Crippen molar-refractivity contribution in [3.63, 3.8) is 0 Å². The maximum absolute atomic E-state index is 5.48. The van der Waals surface area contributed by atoms with Crippen molar-refractivity contribution < 1.29 is 4.74 Å². The zero-order chi connectivity index (χ0) is 16.5. The Hall–Kier alpha value is -1.10. The first-order valence-electron chi connectivity index (χ1n) is 9.59. The first-order chi connectivity index (χ1) is 11.7. The molecule has 1 N–H and O–H groups in total. The monoisotopic (exact) mass is 329 g/mol. The lowest BCUT2D eigenvalue weighted by Gasteiger charge is -2.35. The second-order valence-electron chi connectivity index (χ2n) is 7.83. The van der Waals surface area contributed by atoms with E-state index in [4.69, 9.17) is 4.74 Å². The maximum Gasteiger partial charge on any atom is 0.119 e. The van der Waals surface area contributed by atoms with Crippen LogP contribution in [0.1, 0.15) is 43.7 Å². The average molecular weight is 329 g/mol. The highest BCUT2D eigenvalue weighted by atomic mass is 16.5. The fourth-order valence-electron chi connectivity index (χ4n) is 4.53. The number of ether oxygens (including phenoxy) is 1. The standard InChI is InChI=1S/C20H31N3O/c1-22-11-8-16(9-12-22)21-19-10-13-23(17-6-7-17)20(19)15-4-3-5-18(14-15)24-2/h3-5,14,16-17,19-21H,6-13H2,1-2H3/t19-,20+/m0/s1.